The average molecular weight is 429 g/mol. The van der Waals surface area contributed by atoms with Gasteiger partial charge in [-0.15, -0.1) is 0 Å². The number of aryl methyl sites for hydroxylation is 1. The monoisotopic (exact) mass is 428 g/mol. The summed E-state index contributed by atoms with van der Waals surface area (Å²) in [4.78, 5) is 15.1. The summed E-state index contributed by atoms with van der Waals surface area (Å²) in [5, 5.41) is 7.79. The Hall–Kier alpha value is -2.25. The van der Waals surface area contributed by atoms with Crippen LogP contribution in [0.25, 0.3) is 11.3 Å². The number of piperidine rings is 1. The van der Waals surface area contributed by atoms with E-state index in [2.05, 4.69) is 15.3 Å². The first-order chi connectivity index (χ1) is 15.0. The maximum absolute atomic E-state index is 14.1. The van der Waals surface area contributed by atoms with Crippen molar-refractivity contribution in [3.63, 3.8) is 0 Å². The highest BCUT2D eigenvalue weighted by molar-refractivity contribution is 5.79. The molecule has 31 heavy (non-hydrogen) atoms. The van der Waals surface area contributed by atoms with Gasteiger partial charge in [0.1, 0.15) is 5.82 Å². The number of amides is 1. The molecule has 1 aromatic carbocycles. The quantitative estimate of drug-likeness (QED) is 0.765. The Morgan fingerprint density at radius 2 is 2.00 bits per heavy atom. The van der Waals surface area contributed by atoms with Crippen LogP contribution in [0.3, 0.4) is 0 Å². The number of carbonyl (C=O) groups is 1. The zero-order valence-electron chi connectivity index (χ0n) is 18.5. The first-order valence-corrected chi connectivity index (χ1v) is 11.4. The van der Waals surface area contributed by atoms with Gasteiger partial charge < -0.3 is 10.1 Å². The first-order valence-electron chi connectivity index (χ1n) is 11.4. The van der Waals surface area contributed by atoms with Crippen molar-refractivity contribution >= 4 is 5.91 Å². The number of ether oxygens (including phenoxy) is 1. The Morgan fingerprint density at radius 1 is 1.23 bits per heavy atom. The van der Waals surface area contributed by atoms with Crippen LogP contribution in [-0.4, -0.2) is 52.9 Å². The Labute approximate surface area is 183 Å². The SMILES string of the molecule is COC1CCCC(C(=O)NC2CCN(Cc3cc(-c4ccccc4F)nn3C)CC2)C1. The van der Waals surface area contributed by atoms with Crippen LogP contribution in [0, 0.1) is 11.7 Å². The molecule has 2 aromatic rings. The summed E-state index contributed by atoms with van der Waals surface area (Å²) in [7, 11) is 3.65. The number of rotatable bonds is 6. The molecule has 6 nitrogen and oxygen atoms in total. The third-order valence-electron chi connectivity index (χ3n) is 6.78. The van der Waals surface area contributed by atoms with Gasteiger partial charge in [-0.1, -0.05) is 18.6 Å². The second-order valence-corrected chi connectivity index (χ2v) is 8.90. The highest BCUT2D eigenvalue weighted by Crippen LogP contribution is 2.27. The van der Waals surface area contributed by atoms with E-state index in [9.17, 15) is 9.18 Å². The van der Waals surface area contributed by atoms with Crippen LogP contribution in [-0.2, 0) is 23.1 Å². The summed E-state index contributed by atoms with van der Waals surface area (Å²) in [6.45, 7) is 2.63. The van der Waals surface area contributed by atoms with E-state index < -0.39 is 0 Å². The van der Waals surface area contributed by atoms with Gasteiger partial charge in [-0.3, -0.25) is 14.4 Å². The van der Waals surface area contributed by atoms with Crippen molar-refractivity contribution < 1.29 is 13.9 Å². The molecule has 4 rings (SSSR count). The molecule has 2 heterocycles. The summed E-state index contributed by atoms with van der Waals surface area (Å²) in [6.07, 6.45) is 6.05. The van der Waals surface area contributed by atoms with E-state index in [0.717, 1.165) is 63.9 Å². The molecule has 2 unspecified atom stereocenters. The predicted molar refractivity (Wildman–Crippen MR) is 118 cm³/mol. The second-order valence-electron chi connectivity index (χ2n) is 8.90. The van der Waals surface area contributed by atoms with Crippen molar-refractivity contribution in [1.29, 1.82) is 0 Å². The highest BCUT2D eigenvalue weighted by atomic mass is 19.1. The van der Waals surface area contributed by atoms with Crippen molar-refractivity contribution in [2.45, 2.75) is 57.2 Å². The molecule has 1 aliphatic heterocycles. The molecule has 0 spiro atoms. The molecule has 2 aliphatic rings. The summed E-state index contributed by atoms with van der Waals surface area (Å²) in [6, 6.07) is 8.96. The van der Waals surface area contributed by atoms with Gasteiger partial charge in [0.2, 0.25) is 5.91 Å². The number of halogens is 1. The zero-order valence-corrected chi connectivity index (χ0v) is 18.5. The van der Waals surface area contributed by atoms with E-state index in [1.807, 2.05) is 23.9 Å². The average Bonchev–Trinajstić information content (AvgIpc) is 3.15. The largest absolute Gasteiger partial charge is 0.381 e. The number of likely N-dealkylation sites (tertiary alicyclic amines) is 1. The van der Waals surface area contributed by atoms with Crippen LogP contribution in [0.2, 0.25) is 0 Å². The number of nitrogens with one attached hydrogen (secondary N) is 1. The Kier molecular flexibility index (Phi) is 7.02. The lowest BCUT2D eigenvalue weighted by Crippen LogP contribution is -2.47. The van der Waals surface area contributed by atoms with Gasteiger partial charge in [0.05, 0.1) is 17.5 Å². The van der Waals surface area contributed by atoms with E-state index in [1.165, 1.54) is 6.07 Å². The van der Waals surface area contributed by atoms with Crippen LogP contribution in [0.5, 0.6) is 0 Å². The fourth-order valence-electron chi connectivity index (χ4n) is 4.84. The number of nitrogens with zero attached hydrogens (tertiary/aromatic N) is 3. The smallest absolute Gasteiger partial charge is 0.223 e. The summed E-state index contributed by atoms with van der Waals surface area (Å²) >= 11 is 0. The molecule has 1 N–H and O–H groups in total. The van der Waals surface area contributed by atoms with Crippen molar-refractivity contribution in [2.24, 2.45) is 13.0 Å². The predicted octanol–water partition coefficient (Wildman–Crippen LogP) is 3.51. The maximum Gasteiger partial charge on any atom is 0.223 e. The molecule has 1 saturated carbocycles. The molecule has 2 atom stereocenters. The van der Waals surface area contributed by atoms with Crippen LogP contribution in [0.15, 0.2) is 30.3 Å². The summed E-state index contributed by atoms with van der Waals surface area (Å²) in [5.41, 5.74) is 2.26. The van der Waals surface area contributed by atoms with Crippen molar-refractivity contribution in [1.82, 2.24) is 20.0 Å². The minimum absolute atomic E-state index is 0.0861. The Balaban J connectivity index is 1.28. The highest BCUT2D eigenvalue weighted by Gasteiger charge is 2.29. The standard InChI is InChI=1S/C24H33FN4O2/c1-28-19(15-23(27-28)21-8-3-4-9-22(21)25)16-29-12-10-18(11-13-29)26-24(30)17-6-5-7-20(14-17)31-2/h3-4,8-9,15,17-18,20H,5-7,10-14,16H2,1-2H3,(H,26,30). The van der Waals surface area contributed by atoms with Gasteiger partial charge in [0, 0.05) is 51.3 Å². The van der Waals surface area contributed by atoms with Gasteiger partial charge in [-0.25, -0.2) is 4.39 Å². The second kappa shape index (κ2) is 9.92. The summed E-state index contributed by atoms with van der Waals surface area (Å²) in [5.74, 6) is 0.0304. The van der Waals surface area contributed by atoms with E-state index in [0.29, 0.717) is 11.3 Å². The third-order valence-corrected chi connectivity index (χ3v) is 6.78. The lowest BCUT2D eigenvalue weighted by Gasteiger charge is -2.34. The normalized spacial score (nSPS) is 23.1. The number of hydrogen-bond acceptors (Lipinski definition) is 4. The van der Waals surface area contributed by atoms with Gasteiger partial charge >= 0.3 is 0 Å². The lowest BCUT2D eigenvalue weighted by molar-refractivity contribution is -0.128. The zero-order chi connectivity index (χ0) is 21.8. The lowest BCUT2D eigenvalue weighted by atomic mass is 9.86. The van der Waals surface area contributed by atoms with Crippen LogP contribution < -0.4 is 5.32 Å². The van der Waals surface area contributed by atoms with Gasteiger partial charge in [-0.05, 0) is 50.3 Å². The van der Waals surface area contributed by atoms with Gasteiger partial charge in [0.25, 0.3) is 0 Å². The van der Waals surface area contributed by atoms with E-state index in [4.69, 9.17) is 4.74 Å². The third kappa shape index (κ3) is 5.33. The van der Waals surface area contributed by atoms with Crippen molar-refractivity contribution in [2.75, 3.05) is 20.2 Å². The number of methoxy groups -OCH3 is 1. The topological polar surface area (TPSA) is 59.4 Å². The van der Waals surface area contributed by atoms with E-state index in [-0.39, 0.29) is 29.8 Å². The molecule has 1 amide bonds. The number of aromatic nitrogens is 2. The number of hydrogen-bond donors (Lipinski definition) is 1. The molecule has 1 aliphatic carbocycles. The Bertz CT molecular complexity index is 891. The molecule has 2 fully saturated rings. The molecular formula is C24H33FN4O2. The van der Waals surface area contributed by atoms with Gasteiger partial charge in [0.15, 0.2) is 0 Å². The molecular weight excluding hydrogens is 395 g/mol. The number of carbonyl (C=O) groups excluding carboxylic acids is 1. The molecule has 168 valence electrons. The van der Waals surface area contributed by atoms with E-state index >= 15 is 0 Å². The van der Waals surface area contributed by atoms with Gasteiger partial charge in [-0.2, -0.15) is 5.10 Å². The maximum atomic E-state index is 14.1. The van der Waals surface area contributed by atoms with E-state index in [1.54, 1.807) is 19.2 Å². The molecule has 1 aromatic heterocycles. The Morgan fingerprint density at radius 3 is 2.74 bits per heavy atom. The fourth-order valence-corrected chi connectivity index (χ4v) is 4.84. The van der Waals surface area contributed by atoms with Crippen molar-refractivity contribution in [3.05, 3.63) is 41.8 Å². The van der Waals surface area contributed by atoms with Crippen molar-refractivity contribution in [3.8, 4) is 11.3 Å². The summed E-state index contributed by atoms with van der Waals surface area (Å²) < 4.78 is 21.4. The molecule has 0 radical (unpaired) electrons. The molecule has 7 heteroatoms. The van der Waals surface area contributed by atoms with Crippen LogP contribution >= 0.6 is 0 Å². The number of benzene rings is 1. The van der Waals surface area contributed by atoms with Crippen LogP contribution in [0.4, 0.5) is 4.39 Å². The molecule has 1 saturated heterocycles. The first kappa shape index (κ1) is 22.0. The fraction of sp³-hybridized carbons (Fsp3) is 0.583. The van der Waals surface area contributed by atoms with Crippen LogP contribution in [0.1, 0.15) is 44.2 Å². The minimum atomic E-state index is -0.251. The molecule has 0 bridgehead atoms. The minimum Gasteiger partial charge on any atom is -0.381 e.